The Morgan fingerprint density at radius 1 is 1.29 bits per heavy atom. The summed E-state index contributed by atoms with van der Waals surface area (Å²) in [5.41, 5.74) is 1.12. The third-order valence-electron chi connectivity index (χ3n) is 3.86. The molecule has 6 heteroatoms. The predicted molar refractivity (Wildman–Crippen MR) is 104 cm³/mol. The van der Waals surface area contributed by atoms with Gasteiger partial charge in [-0.25, -0.2) is 4.98 Å². The summed E-state index contributed by atoms with van der Waals surface area (Å²) >= 11 is 1.75. The average Bonchev–Trinajstić information content (AvgIpc) is 2.97. The fraction of sp³-hybridized carbons (Fsp3) is 0.778. The van der Waals surface area contributed by atoms with Crippen LogP contribution in [0.1, 0.15) is 56.7 Å². The second-order valence-corrected chi connectivity index (χ2v) is 7.10. The summed E-state index contributed by atoms with van der Waals surface area (Å²) in [5.74, 6) is 1.37. The van der Waals surface area contributed by atoms with Crippen molar-refractivity contribution in [1.82, 2.24) is 15.6 Å². The molecule has 5 nitrogen and oxygen atoms in total. The Morgan fingerprint density at radius 3 is 2.75 bits per heavy atom. The van der Waals surface area contributed by atoms with Crippen LogP contribution in [0.3, 0.4) is 0 Å². The molecule has 1 aromatic heterocycles. The maximum atomic E-state index is 9.14. The molecule has 0 aliphatic heterocycles. The van der Waals surface area contributed by atoms with Crippen LogP contribution < -0.4 is 10.6 Å². The summed E-state index contributed by atoms with van der Waals surface area (Å²) in [6, 6.07) is 0. The van der Waals surface area contributed by atoms with Gasteiger partial charge in [0.05, 0.1) is 5.01 Å². The molecule has 1 atom stereocenters. The van der Waals surface area contributed by atoms with Gasteiger partial charge in [0, 0.05) is 37.3 Å². The summed E-state index contributed by atoms with van der Waals surface area (Å²) in [7, 11) is 0. The SMILES string of the molecule is CCCC(CCO)CN=C(NCC)NCCCCc1nc(C)cs1. The lowest BCUT2D eigenvalue weighted by atomic mass is 10.0. The lowest BCUT2D eigenvalue weighted by Crippen LogP contribution is -2.38. The summed E-state index contributed by atoms with van der Waals surface area (Å²) < 4.78 is 0. The van der Waals surface area contributed by atoms with E-state index in [0.29, 0.717) is 5.92 Å². The highest BCUT2D eigenvalue weighted by Gasteiger charge is 2.07. The normalized spacial score (nSPS) is 13.1. The van der Waals surface area contributed by atoms with Crippen LogP contribution in [-0.4, -0.2) is 42.3 Å². The van der Waals surface area contributed by atoms with Gasteiger partial charge in [-0.3, -0.25) is 4.99 Å². The highest BCUT2D eigenvalue weighted by atomic mass is 32.1. The number of hydrogen-bond acceptors (Lipinski definition) is 4. The molecule has 138 valence electrons. The number of guanidine groups is 1. The van der Waals surface area contributed by atoms with Crippen LogP contribution in [0, 0.1) is 12.8 Å². The van der Waals surface area contributed by atoms with E-state index in [1.165, 1.54) is 5.01 Å². The van der Waals surface area contributed by atoms with E-state index < -0.39 is 0 Å². The lowest BCUT2D eigenvalue weighted by Gasteiger charge is -2.15. The zero-order chi connectivity index (χ0) is 17.6. The molecule has 0 saturated heterocycles. The second kappa shape index (κ2) is 13.2. The summed E-state index contributed by atoms with van der Waals surface area (Å²) in [6.07, 6.45) is 6.41. The van der Waals surface area contributed by atoms with E-state index in [-0.39, 0.29) is 6.61 Å². The number of aliphatic hydroxyl groups is 1. The Bertz CT molecular complexity index is 456. The lowest BCUT2D eigenvalue weighted by molar-refractivity contribution is 0.253. The number of nitrogens with zero attached hydrogens (tertiary/aromatic N) is 2. The first kappa shape index (κ1) is 20.9. The van der Waals surface area contributed by atoms with Crippen molar-refractivity contribution in [2.75, 3.05) is 26.2 Å². The zero-order valence-electron chi connectivity index (χ0n) is 15.5. The van der Waals surface area contributed by atoms with Crippen molar-refractivity contribution in [2.24, 2.45) is 10.9 Å². The van der Waals surface area contributed by atoms with Crippen molar-refractivity contribution in [3.63, 3.8) is 0 Å². The molecule has 1 unspecified atom stereocenters. The molecule has 1 heterocycles. The van der Waals surface area contributed by atoms with Crippen LogP contribution >= 0.6 is 11.3 Å². The zero-order valence-corrected chi connectivity index (χ0v) is 16.3. The highest BCUT2D eigenvalue weighted by molar-refractivity contribution is 7.09. The molecule has 0 aliphatic rings. The number of thiazole rings is 1. The van der Waals surface area contributed by atoms with Crippen LogP contribution in [-0.2, 0) is 6.42 Å². The monoisotopic (exact) mass is 354 g/mol. The minimum atomic E-state index is 0.250. The van der Waals surface area contributed by atoms with Crippen LogP contribution in [0.25, 0.3) is 0 Å². The van der Waals surface area contributed by atoms with Crippen molar-refractivity contribution in [3.8, 4) is 0 Å². The quantitative estimate of drug-likeness (QED) is 0.306. The molecular weight excluding hydrogens is 320 g/mol. The molecule has 0 aromatic carbocycles. The summed E-state index contributed by atoms with van der Waals surface area (Å²) in [5, 5.41) is 19.2. The number of unbranched alkanes of at least 4 members (excludes halogenated alkanes) is 1. The van der Waals surface area contributed by atoms with Gasteiger partial charge in [0.15, 0.2) is 5.96 Å². The Kier molecular flexibility index (Phi) is 11.5. The first-order chi connectivity index (χ1) is 11.7. The van der Waals surface area contributed by atoms with E-state index in [1.807, 2.05) is 6.92 Å². The highest BCUT2D eigenvalue weighted by Crippen LogP contribution is 2.12. The Morgan fingerprint density at radius 2 is 2.12 bits per heavy atom. The number of aryl methyl sites for hydroxylation is 2. The van der Waals surface area contributed by atoms with Crippen molar-refractivity contribution < 1.29 is 5.11 Å². The fourth-order valence-corrected chi connectivity index (χ4v) is 3.42. The van der Waals surface area contributed by atoms with Crippen LogP contribution in [0.15, 0.2) is 10.4 Å². The molecule has 0 saturated carbocycles. The van der Waals surface area contributed by atoms with Crippen molar-refractivity contribution >= 4 is 17.3 Å². The number of aromatic nitrogens is 1. The van der Waals surface area contributed by atoms with E-state index in [4.69, 9.17) is 5.11 Å². The summed E-state index contributed by atoms with van der Waals surface area (Å²) in [4.78, 5) is 9.18. The standard InChI is InChI=1S/C18H34N4OS/c1-4-8-16(10-12-23)13-21-18(19-5-2)20-11-7-6-9-17-22-15(3)14-24-17/h14,16,23H,4-13H2,1-3H3,(H2,19,20,21). The largest absolute Gasteiger partial charge is 0.396 e. The van der Waals surface area contributed by atoms with Crippen molar-refractivity contribution in [1.29, 1.82) is 0 Å². The number of hydrogen-bond donors (Lipinski definition) is 3. The smallest absolute Gasteiger partial charge is 0.191 e. The molecule has 1 rings (SSSR count). The van der Waals surface area contributed by atoms with E-state index in [0.717, 1.165) is 69.8 Å². The number of rotatable bonds is 12. The fourth-order valence-electron chi connectivity index (χ4n) is 2.61. The molecule has 0 spiro atoms. The third kappa shape index (κ3) is 9.23. The van der Waals surface area contributed by atoms with Gasteiger partial charge < -0.3 is 15.7 Å². The van der Waals surface area contributed by atoms with Gasteiger partial charge in [0.1, 0.15) is 0 Å². The minimum absolute atomic E-state index is 0.250. The van der Waals surface area contributed by atoms with Gasteiger partial charge in [-0.1, -0.05) is 13.3 Å². The van der Waals surface area contributed by atoms with E-state index in [9.17, 15) is 0 Å². The first-order valence-corrected chi connectivity index (χ1v) is 10.1. The summed E-state index contributed by atoms with van der Waals surface area (Å²) in [6.45, 7) is 9.13. The van der Waals surface area contributed by atoms with E-state index >= 15 is 0 Å². The van der Waals surface area contributed by atoms with Crippen LogP contribution in [0.5, 0.6) is 0 Å². The molecule has 0 fully saturated rings. The van der Waals surface area contributed by atoms with E-state index in [2.05, 4.69) is 39.8 Å². The molecule has 0 bridgehead atoms. The maximum Gasteiger partial charge on any atom is 0.191 e. The first-order valence-electron chi connectivity index (χ1n) is 9.23. The molecule has 1 aromatic rings. The topological polar surface area (TPSA) is 69.5 Å². The Labute approximate surface area is 151 Å². The van der Waals surface area contributed by atoms with Gasteiger partial charge in [-0.05, 0) is 51.9 Å². The van der Waals surface area contributed by atoms with Crippen molar-refractivity contribution in [3.05, 3.63) is 16.1 Å². The molecular formula is C18H34N4OS. The maximum absolute atomic E-state index is 9.14. The van der Waals surface area contributed by atoms with Crippen LogP contribution in [0.4, 0.5) is 0 Å². The van der Waals surface area contributed by atoms with Crippen molar-refractivity contribution in [2.45, 2.75) is 59.3 Å². The van der Waals surface area contributed by atoms with Gasteiger partial charge in [-0.2, -0.15) is 0 Å². The molecule has 0 radical (unpaired) electrons. The number of aliphatic imine (C=N–C) groups is 1. The number of nitrogens with one attached hydrogen (secondary N) is 2. The molecule has 0 amide bonds. The van der Waals surface area contributed by atoms with Gasteiger partial charge in [-0.15, -0.1) is 11.3 Å². The average molecular weight is 355 g/mol. The van der Waals surface area contributed by atoms with Gasteiger partial charge >= 0.3 is 0 Å². The molecule has 3 N–H and O–H groups in total. The molecule has 0 aliphatic carbocycles. The molecule has 24 heavy (non-hydrogen) atoms. The van der Waals surface area contributed by atoms with E-state index in [1.54, 1.807) is 11.3 Å². The van der Waals surface area contributed by atoms with Gasteiger partial charge in [0.25, 0.3) is 0 Å². The minimum Gasteiger partial charge on any atom is -0.396 e. The Balaban J connectivity index is 2.29. The second-order valence-electron chi connectivity index (χ2n) is 6.15. The Hall–Kier alpha value is -1.14. The van der Waals surface area contributed by atoms with Crippen LogP contribution in [0.2, 0.25) is 0 Å². The van der Waals surface area contributed by atoms with Gasteiger partial charge in [0.2, 0.25) is 0 Å². The third-order valence-corrected chi connectivity index (χ3v) is 4.89. The number of aliphatic hydroxyl groups excluding tert-OH is 1. The predicted octanol–water partition coefficient (Wildman–Crippen LogP) is 3.13.